The van der Waals surface area contributed by atoms with Gasteiger partial charge in [0.05, 0.1) is 17.8 Å². The van der Waals surface area contributed by atoms with Crippen molar-refractivity contribution in [2.24, 2.45) is 0 Å². The number of amides is 1. The third-order valence-corrected chi connectivity index (χ3v) is 4.12. The highest BCUT2D eigenvalue weighted by molar-refractivity contribution is 9.10. The molecule has 1 heterocycles. The van der Waals surface area contributed by atoms with Crippen molar-refractivity contribution >= 4 is 33.2 Å². The molecule has 0 aromatic heterocycles. The Labute approximate surface area is 131 Å². The van der Waals surface area contributed by atoms with Crippen molar-refractivity contribution in [3.63, 3.8) is 0 Å². The van der Waals surface area contributed by atoms with Gasteiger partial charge in [-0.05, 0) is 40.2 Å². The summed E-state index contributed by atoms with van der Waals surface area (Å²) in [4.78, 5) is 14.4. The predicted octanol–water partition coefficient (Wildman–Crippen LogP) is 3.53. The van der Waals surface area contributed by atoms with Crippen LogP contribution in [0.5, 0.6) is 5.75 Å². The molecule has 4 nitrogen and oxygen atoms in total. The molecule has 0 radical (unpaired) electrons. The Kier molecular flexibility index (Phi) is 3.84. The van der Waals surface area contributed by atoms with Crippen molar-refractivity contribution in [2.75, 3.05) is 30.4 Å². The Morgan fingerprint density at radius 3 is 2.90 bits per heavy atom. The minimum Gasteiger partial charge on any atom is -0.489 e. The van der Waals surface area contributed by atoms with E-state index in [1.54, 1.807) is 6.07 Å². The highest BCUT2D eigenvalue weighted by atomic mass is 79.9. The fraction of sp³-hybridized carbons (Fsp3) is 0.188. The van der Waals surface area contributed by atoms with Gasteiger partial charge in [-0.25, -0.2) is 0 Å². The second-order valence-electron chi connectivity index (χ2n) is 4.89. The first kappa shape index (κ1) is 13.9. The molecule has 0 fully saturated rings. The summed E-state index contributed by atoms with van der Waals surface area (Å²) in [6.45, 7) is 1.53. The lowest BCUT2D eigenvalue weighted by molar-refractivity contribution is 0.102. The number of benzene rings is 2. The second-order valence-corrected chi connectivity index (χ2v) is 5.74. The molecule has 0 saturated heterocycles. The lowest BCUT2D eigenvalue weighted by atomic mass is 10.2. The summed E-state index contributed by atoms with van der Waals surface area (Å²) in [5.74, 6) is 0.653. The summed E-state index contributed by atoms with van der Waals surface area (Å²) in [7, 11) is 2.03. The van der Waals surface area contributed by atoms with Crippen LogP contribution in [0, 0.1) is 0 Å². The maximum absolute atomic E-state index is 12.3. The molecular formula is C16H15BrN2O2. The Bertz CT molecular complexity index is 688. The number of likely N-dealkylation sites (N-methyl/N-ethyl adjacent to an activating group) is 1. The molecule has 0 unspecified atom stereocenters. The quantitative estimate of drug-likeness (QED) is 0.904. The molecular weight excluding hydrogens is 332 g/mol. The van der Waals surface area contributed by atoms with E-state index in [4.69, 9.17) is 4.74 Å². The van der Waals surface area contributed by atoms with Gasteiger partial charge in [0.1, 0.15) is 12.4 Å². The Morgan fingerprint density at radius 1 is 1.29 bits per heavy atom. The van der Waals surface area contributed by atoms with Crippen molar-refractivity contribution in [3.8, 4) is 5.75 Å². The zero-order valence-corrected chi connectivity index (χ0v) is 13.2. The number of rotatable bonds is 2. The normalized spacial score (nSPS) is 13.3. The van der Waals surface area contributed by atoms with Gasteiger partial charge in [0.2, 0.25) is 0 Å². The van der Waals surface area contributed by atoms with Gasteiger partial charge in [-0.1, -0.05) is 12.1 Å². The number of nitrogens with zero attached hydrogens (tertiary/aromatic N) is 1. The molecule has 0 saturated carbocycles. The van der Waals surface area contributed by atoms with Gasteiger partial charge in [0, 0.05) is 23.3 Å². The smallest absolute Gasteiger partial charge is 0.256 e. The van der Waals surface area contributed by atoms with Gasteiger partial charge < -0.3 is 15.0 Å². The third kappa shape index (κ3) is 2.88. The maximum atomic E-state index is 12.3. The molecule has 1 aliphatic rings. The largest absolute Gasteiger partial charge is 0.489 e. The van der Waals surface area contributed by atoms with Crippen molar-refractivity contribution in [1.29, 1.82) is 0 Å². The number of carbonyl (C=O) groups is 1. The molecule has 21 heavy (non-hydrogen) atoms. The molecule has 1 amide bonds. The zero-order chi connectivity index (χ0) is 14.8. The van der Waals surface area contributed by atoms with Crippen LogP contribution in [0.4, 0.5) is 11.4 Å². The summed E-state index contributed by atoms with van der Waals surface area (Å²) in [6, 6.07) is 13.1. The van der Waals surface area contributed by atoms with Crippen LogP contribution in [0.25, 0.3) is 0 Å². The van der Waals surface area contributed by atoms with E-state index in [-0.39, 0.29) is 5.91 Å². The first-order chi connectivity index (χ1) is 10.1. The van der Waals surface area contributed by atoms with Gasteiger partial charge in [-0.15, -0.1) is 0 Å². The lowest BCUT2D eigenvalue weighted by Crippen LogP contribution is -2.28. The summed E-state index contributed by atoms with van der Waals surface area (Å²) in [6.07, 6.45) is 0. The van der Waals surface area contributed by atoms with Crippen molar-refractivity contribution in [3.05, 3.63) is 52.5 Å². The van der Waals surface area contributed by atoms with Crippen molar-refractivity contribution < 1.29 is 9.53 Å². The van der Waals surface area contributed by atoms with Crippen LogP contribution < -0.4 is 15.0 Å². The number of anilines is 2. The van der Waals surface area contributed by atoms with E-state index >= 15 is 0 Å². The van der Waals surface area contributed by atoms with Gasteiger partial charge in [0.15, 0.2) is 0 Å². The Morgan fingerprint density at radius 2 is 2.10 bits per heavy atom. The van der Waals surface area contributed by atoms with Gasteiger partial charge in [-0.3, -0.25) is 4.79 Å². The Balaban J connectivity index is 1.83. The summed E-state index contributed by atoms with van der Waals surface area (Å²) >= 11 is 3.39. The lowest BCUT2D eigenvalue weighted by Gasteiger charge is -2.28. The average molecular weight is 347 g/mol. The molecule has 5 heteroatoms. The highest BCUT2D eigenvalue weighted by Gasteiger charge is 2.16. The number of nitrogens with one attached hydrogen (secondary N) is 1. The van der Waals surface area contributed by atoms with Crippen LogP contribution >= 0.6 is 15.9 Å². The van der Waals surface area contributed by atoms with Crippen LogP contribution in [0.3, 0.4) is 0 Å². The van der Waals surface area contributed by atoms with E-state index in [0.717, 1.165) is 28.1 Å². The number of carbonyl (C=O) groups excluding carboxylic acids is 1. The SMILES string of the molecule is CN1CCOc2cc(NC(=O)c3ccccc3Br)ccc21. The molecule has 0 aliphatic carbocycles. The van der Waals surface area contributed by atoms with E-state index in [2.05, 4.69) is 26.1 Å². The first-order valence-corrected chi connectivity index (χ1v) is 7.48. The van der Waals surface area contributed by atoms with E-state index in [9.17, 15) is 4.79 Å². The topological polar surface area (TPSA) is 41.6 Å². The zero-order valence-electron chi connectivity index (χ0n) is 11.6. The van der Waals surface area contributed by atoms with E-state index < -0.39 is 0 Å². The van der Waals surface area contributed by atoms with E-state index in [1.807, 2.05) is 43.4 Å². The van der Waals surface area contributed by atoms with Crippen molar-refractivity contribution in [2.45, 2.75) is 0 Å². The summed E-state index contributed by atoms with van der Waals surface area (Å²) in [5.41, 5.74) is 2.37. The fourth-order valence-electron chi connectivity index (χ4n) is 2.28. The first-order valence-electron chi connectivity index (χ1n) is 6.69. The van der Waals surface area contributed by atoms with Crippen LogP contribution in [-0.2, 0) is 0 Å². The number of halogens is 1. The molecule has 1 N–H and O–H groups in total. The predicted molar refractivity (Wildman–Crippen MR) is 87.3 cm³/mol. The molecule has 3 rings (SSSR count). The van der Waals surface area contributed by atoms with Crippen LogP contribution in [0.1, 0.15) is 10.4 Å². The molecule has 1 aliphatic heterocycles. The molecule has 2 aromatic rings. The summed E-state index contributed by atoms with van der Waals surface area (Å²) < 4.78 is 6.42. The number of fused-ring (bicyclic) bond motifs is 1. The number of hydrogen-bond acceptors (Lipinski definition) is 3. The number of ether oxygens (including phenoxy) is 1. The van der Waals surface area contributed by atoms with E-state index in [0.29, 0.717) is 12.2 Å². The van der Waals surface area contributed by atoms with E-state index in [1.165, 1.54) is 0 Å². The van der Waals surface area contributed by atoms with Gasteiger partial charge in [-0.2, -0.15) is 0 Å². The third-order valence-electron chi connectivity index (χ3n) is 3.43. The highest BCUT2D eigenvalue weighted by Crippen LogP contribution is 2.33. The Hall–Kier alpha value is -2.01. The summed E-state index contributed by atoms with van der Waals surface area (Å²) in [5, 5.41) is 2.90. The molecule has 0 atom stereocenters. The van der Waals surface area contributed by atoms with Crippen LogP contribution in [0.15, 0.2) is 46.9 Å². The molecule has 0 spiro atoms. The van der Waals surface area contributed by atoms with Gasteiger partial charge >= 0.3 is 0 Å². The fourth-order valence-corrected chi connectivity index (χ4v) is 2.74. The maximum Gasteiger partial charge on any atom is 0.256 e. The van der Waals surface area contributed by atoms with Crippen LogP contribution in [-0.4, -0.2) is 26.1 Å². The minimum atomic E-state index is -0.147. The average Bonchev–Trinajstić information content (AvgIpc) is 2.48. The minimum absolute atomic E-state index is 0.147. The molecule has 0 bridgehead atoms. The van der Waals surface area contributed by atoms with Crippen molar-refractivity contribution in [1.82, 2.24) is 0 Å². The van der Waals surface area contributed by atoms with Gasteiger partial charge in [0.25, 0.3) is 5.91 Å². The molecule has 108 valence electrons. The second kappa shape index (κ2) is 5.77. The number of hydrogen-bond donors (Lipinski definition) is 1. The standard InChI is InChI=1S/C16H15BrN2O2/c1-19-8-9-21-15-10-11(6-7-14(15)19)18-16(20)12-4-2-3-5-13(12)17/h2-7,10H,8-9H2,1H3,(H,18,20). The monoisotopic (exact) mass is 346 g/mol. The van der Waals surface area contributed by atoms with Crippen LogP contribution in [0.2, 0.25) is 0 Å². The molecule has 2 aromatic carbocycles.